The summed E-state index contributed by atoms with van der Waals surface area (Å²) in [6.45, 7) is 1.86. The minimum atomic E-state index is -0.943. The van der Waals surface area contributed by atoms with Crippen molar-refractivity contribution in [2.75, 3.05) is 26.2 Å². The SMILES string of the molecule is COc1ccc(N2C(=O)C(=O)/C(=C(/O)c3cc(OC)c(Cl)cc3OC)C2c2ccccc2C)cc1Cl. The summed E-state index contributed by atoms with van der Waals surface area (Å²) in [6.07, 6.45) is 0. The average molecular weight is 528 g/mol. The second kappa shape index (κ2) is 10.1. The molecule has 0 bridgehead atoms. The van der Waals surface area contributed by atoms with Crippen molar-refractivity contribution in [3.8, 4) is 17.2 Å². The van der Waals surface area contributed by atoms with E-state index in [9.17, 15) is 14.7 Å². The molecule has 186 valence electrons. The van der Waals surface area contributed by atoms with Gasteiger partial charge in [-0.1, -0.05) is 47.5 Å². The number of carbonyl (C=O) groups is 2. The molecule has 1 atom stereocenters. The van der Waals surface area contributed by atoms with Crippen molar-refractivity contribution in [3.05, 3.63) is 86.9 Å². The van der Waals surface area contributed by atoms with E-state index in [1.54, 1.807) is 30.3 Å². The van der Waals surface area contributed by atoms with Gasteiger partial charge in [0.15, 0.2) is 0 Å². The highest BCUT2D eigenvalue weighted by atomic mass is 35.5. The van der Waals surface area contributed by atoms with Crippen LogP contribution in [0.15, 0.2) is 60.2 Å². The lowest BCUT2D eigenvalue weighted by Gasteiger charge is -2.27. The van der Waals surface area contributed by atoms with E-state index in [1.165, 1.54) is 38.4 Å². The molecule has 4 rings (SSSR count). The Morgan fingerprint density at radius 1 is 0.861 bits per heavy atom. The van der Waals surface area contributed by atoms with E-state index in [-0.39, 0.29) is 32.7 Å². The van der Waals surface area contributed by atoms with Gasteiger partial charge in [-0.25, -0.2) is 0 Å². The van der Waals surface area contributed by atoms with Crippen molar-refractivity contribution in [3.63, 3.8) is 0 Å². The topological polar surface area (TPSA) is 85.3 Å². The summed E-state index contributed by atoms with van der Waals surface area (Å²) in [5.41, 5.74) is 1.90. The molecule has 1 fully saturated rings. The predicted molar refractivity (Wildman–Crippen MR) is 139 cm³/mol. The summed E-state index contributed by atoms with van der Waals surface area (Å²) in [5, 5.41) is 12.0. The molecule has 1 heterocycles. The number of ether oxygens (including phenoxy) is 3. The van der Waals surface area contributed by atoms with Gasteiger partial charge in [0, 0.05) is 11.8 Å². The Hall–Kier alpha value is -3.68. The normalized spacial score (nSPS) is 16.8. The molecule has 7 nitrogen and oxygen atoms in total. The highest BCUT2D eigenvalue weighted by Gasteiger charge is 2.47. The second-order valence-electron chi connectivity index (χ2n) is 8.03. The third-order valence-corrected chi connectivity index (χ3v) is 6.66. The molecule has 1 aliphatic heterocycles. The van der Waals surface area contributed by atoms with Crippen LogP contribution in [0.4, 0.5) is 5.69 Å². The Kier molecular flexibility index (Phi) is 7.15. The molecule has 0 aliphatic carbocycles. The smallest absolute Gasteiger partial charge is 0.300 e. The quantitative estimate of drug-likeness (QED) is 0.242. The number of ketones is 1. The summed E-state index contributed by atoms with van der Waals surface area (Å²) in [5.74, 6) is -1.20. The molecule has 1 unspecified atom stereocenters. The number of hydrogen-bond donors (Lipinski definition) is 1. The number of aryl methyl sites for hydroxylation is 1. The Morgan fingerprint density at radius 2 is 1.50 bits per heavy atom. The van der Waals surface area contributed by atoms with Crippen LogP contribution in [0.3, 0.4) is 0 Å². The van der Waals surface area contributed by atoms with Crippen molar-refractivity contribution in [1.82, 2.24) is 0 Å². The number of nitrogens with zero attached hydrogens (tertiary/aromatic N) is 1. The molecule has 1 saturated heterocycles. The standard InChI is InChI=1S/C27H23Cl2NO6/c1-14-7-5-6-8-16(14)24-23(25(31)17-12-22(36-4)19(29)13-21(17)35-3)26(32)27(33)30(24)15-9-10-20(34-2)18(28)11-15/h5-13,24,31H,1-4H3/b25-23+. The van der Waals surface area contributed by atoms with E-state index in [0.717, 1.165) is 5.56 Å². The largest absolute Gasteiger partial charge is 0.507 e. The number of benzene rings is 3. The van der Waals surface area contributed by atoms with E-state index in [0.29, 0.717) is 17.0 Å². The molecule has 3 aromatic rings. The summed E-state index contributed by atoms with van der Waals surface area (Å²) in [4.78, 5) is 28.2. The van der Waals surface area contributed by atoms with E-state index in [1.807, 2.05) is 19.1 Å². The minimum absolute atomic E-state index is 0.107. The third-order valence-electron chi connectivity index (χ3n) is 6.07. The Bertz CT molecular complexity index is 1400. The van der Waals surface area contributed by atoms with Gasteiger partial charge in [-0.3, -0.25) is 14.5 Å². The second-order valence-corrected chi connectivity index (χ2v) is 8.85. The van der Waals surface area contributed by atoms with Crippen molar-refractivity contribution in [2.24, 2.45) is 0 Å². The highest BCUT2D eigenvalue weighted by molar-refractivity contribution is 6.52. The molecule has 0 radical (unpaired) electrons. The van der Waals surface area contributed by atoms with E-state index in [2.05, 4.69) is 0 Å². The fraction of sp³-hybridized carbons (Fsp3) is 0.185. The van der Waals surface area contributed by atoms with Gasteiger partial charge >= 0.3 is 0 Å². The average Bonchev–Trinajstić information content (AvgIpc) is 3.13. The molecule has 1 N–H and O–H groups in total. The molecule has 3 aromatic carbocycles. The van der Waals surface area contributed by atoms with Crippen molar-refractivity contribution < 1.29 is 28.9 Å². The van der Waals surface area contributed by atoms with Crippen LogP contribution in [0.5, 0.6) is 17.2 Å². The zero-order chi connectivity index (χ0) is 26.1. The molecular formula is C27H23Cl2NO6. The molecule has 0 aromatic heterocycles. The minimum Gasteiger partial charge on any atom is -0.507 e. The molecule has 9 heteroatoms. The maximum atomic E-state index is 13.5. The van der Waals surface area contributed by atoms with E-state index < -0.39 is 23.5 Å². The van der Waals surface area contributed by atoms with Gasteiger partial charge in [-0.2, -0.15) is 0 Å². The maximum Gasteiger partial charge on any atom is 0.300 e. The van der Waals surface area contributed by atoms with Crippen LogP contribution >= 0.6 is 23.2 Å². The fourth-order valence-corrected chi connectivity index (χ4v) is 4.77. The van der Waals surface area contributed by atoms with Gasteiger partial charge in [-0.05, 0) is 42.3 Å². The summed E-state index contributed by atoms with van der Waals surface area (Å²) >= 11 is 12.6. The lowest BCUT2D eigenvalue weighted by atomic mass is 9.92. The monoisotopic (exact) mass is 527 g/mol. The number of rotatable bonds is 6. The van der Waals surface area contributed by atoms with E-state index >= 15 is 0 Å². The number of anilines is 1. The number of Topliss-reactive ketones (excluding diaryl/α,β-unsaturated/α-hetero) is 1. The number of halogens is 2. The number of aliphatic hydroxyl groups is 1. The first-order chi connectivity index (χ1) is 17.2. The third kappa shape index (κ3) is 4.25. The number of carbonyl (C=O) groups excluding carboxylic acids is 2. The van der Waals surface area contributed by atoms with Crippen LogP contribution in [-0.2, 0) is 9.59 Å². The molecule has 36 heavy (non-hydrogen) atoms. The maximum absolute atomic E-state index is 13.5. The van der Waals surface area contributed by atoms with Gasteiger partial charge in [0.1, 0.15) is 23.0 Å². The first kappa shape index (κ1) is 25.4. The van der Waals surface area contributed by atoms with Gasteiger partial charge in [-0.15, -0.1) is 0 Å². The summed E-state index contributed by atoms with van der Waals surface area (Å²) < 4.78 is 15.9. The molecule has 0 spiro atoms. The van der Waals surface area contributed by atoms with Crippen molar-refractivity contribution >= 4 is 46.3 Å². The van der Waals surface area contributed by atoms with Crippen LogP contribution in [0.1, 0.15) is 22.7 Å². The van der Waals surface area contributed by atoms with Crippen LogP contribution in [0, 0.1) is 6.92 Å². The molecule has 0 saturated carbocycles. The lowest BCUT2D eigenvalue weighted by Crippen LogP contribution is -2.29. The number of amides is 1. The first-order valence-corrected chi connectivity index (χ1v) is 11.6. The van der Waals surface area contributed by atoms with Crippen LogP contribution in [0.25, 0.3) is 5.76 Å². The van der Waals surface area contributed by atoms with Gasteiger partial charge < -0.3 is 19.3 Å². The van der Waals surface area contributed by atoms with Gasteiger partial charge in [0.05, 0.1) is 48.6 Å². The van der Waals surface area contributed by atoms with Crippen LogP contribution < -0.4 is 19.1 Å². The number of hydrogen-bond acceptors (Lipinski definition) is 6. The number of aliphatic hydroxyl groups excluding tert-OH is 1. The summed E-state index contributed by atoms with van der Waals surface area (Å²) in [7, 11) is 4.32. The zero-order valence-electron chi connectivity index (χ0n) is 20.0. The van der Waals surface area contributed by atoms with E-state index in [4.69, 9.17) is 37.4 Å². The molecule has 1 aliphatic rings. The lowest BCUT2D eigenvalue weighted by molar-refractivity contribution is -0.132. The first-order valence-electron chi connectivity index (χ1n) is 10.8. The van der Waals surface area contributed by atoms with Gasteiger partial charge in [0.25, 0.3) is 11.7 Å². The fourth-order valence-electron chi connectivity index (χ4n) is 4.28. The Balaban J connectivity index is 2.01. The highest BCUT2D eigenvalue weighted by Crippen LogP contribution is 2.46. The number of methoxy groups -OCH3 is 3. The van der Waals surface area contributed by atoms with Crippen LogP contribution in [-0.4, -0.2) is 38.1 Å². The van der Waals surface area contributed by atoms with Gasteiger partial charge in [0.2, 0.25) is 0 Å². The predicted octanol–water partition coefficient (Wildman–Crippen LogP) is 5.95. The Labute approximate surface area is 218 Å². The summed E-state index contributed by atoms with van der Waals surface area (Å²) in [6, 6.07) is 14.1. The Morgan fingerprint density at radius 3 is 2.11 bits per heavy atom. The van der Waals surface area contributed by atoms with Crippen molar-refractivity contribution in [2.45, 2.75) is 13.0 Å². The molecular weight excluding hydrogens is 505 g/mol. The van der Waals surface area contributed by atoms with Crippen molar-refractivity contribution in [1.29, 1.82) is 0 Å². The van der Waals surface area contributed by atoms with Crippen LogP contribution in [0.2, 0.25) is 10.0 Å². The zero-order valence-corrected chi connectivity index (χ0v) is 21.5. The molecule has 1 amide bonds.